The molecule has 1 aliphatic carbocycles. The summed E-state index contributed by atoms with van der Waals surface area (Å²) >= 11 is 0. The van der Waals surface area contributed by atoms with Gasteiger partial charge in [-0.15, -0.1) is 0 Å². The summed E-state index contributed by atoms with van der Waals surface area (Å²) in [5.41, 5.74) is 9.04. The largest absolute Gasteiger partial charge is 0.465 e. The van der Waals surface area contributed by atoms with Gasteiger partial charge in [0.05, 0.1) is 6.04 Å². The molecular weight excluding hydrogens is 198 g/mol. The Bertz CT molecular complexity index is 515. The van der Waals surface area contributed by atoms with Crippen LogP contribution in [0, 0.1) is 6.92 Å². The molecule has 0 aliphatic heterocycles. The molecule has 0 bridgehead atoms. The van der Waals surface area contributed by atoms with Crippen molar-refractivity contribution in [3.8, 4) is 0 Å². The molecule has 0 saturated carbocycles. The van der Waals surface area contributed by atoms with Gasteiger partial charge in [-0.1, -0.05) is 24.3 Å². The molecule has 1 aliphatic rings. The smallest absolute Gasteiger partial charge is 0.121 e. The summed E-state index contributed by atoms with van der Waals surface area (Å²) in [4.78, 5) is 0. The van der Waals surface area contributed by atoms with Crippen molar-refractivity contribution in [3.63, 3.8) is 0 Å². The summed E-state index contributed by atoms with van der Waals surface area (Å²) in [6.45, 7) is 1.95. The van der Waals surface area contributed by atoms with Crippen LogP contribution in [0.15, 0.2) is 40.8 Å². The highest BCUT2D eigenvalue weighted by Crippen LogP contribution is 2.42. The van der Waals surface area contributed by atoms with Crippen molar-refractivity contribution in [1.82, 2.24) is 0 Å². The zero-order valence-electron chi connectivity index (χ0n) is 9.31. The van der Waals surface area contributed by atoms with Crippen LogP contribution in [0.3, 0.4) is 0 Å². The van der Waals surface area contributed by atoms with Crippen molar-refractivity contribution < 1.29 is 4.42 Å². The van der Waals surface area contributed by atoms with Gasteiger partial charge in [-0.05, 0) is 36.6 Å². The maximum absolute atomic E-state index is 6.23. The average Bonchev–Trinajstić information content (AvgIpc) is 2.67. The second-order valence-corrected chi connectivity index (χ2v) is 4.48. The molecule has 2 unspecified atom stereocenters. The predicted octanol–water partition coefficient (Wildman–Crippen LogP) is 2.93. The third-order valence-corrected chi connectivity index (χ3v) is 3.42. The van der Waals surface area contributed by atoms with E-state index in [1.807, 2.05) is 19.1 Å². The normalized spacial score (nSPS) is 20.0. The number of nitrogens with two attached hydrogens (primary N) is 1. The quantitative estimate of drug-likeness (QED) is 0.833. The number of fused-ring (bicyclic) bond motifs is 1. The van der Waals surface area contributed by atoms with Gasteiger partial charge >= 0.3 is 0 Å². The Morgan fingerprint density at radius 3 is 2.75 bits per heavy atom. The number of furan rings is 1. The standard InChI is InChI=1S/C14H15NO/c1-9-6-7-13(16-9)14(15)12-8-10-4-2-3-5-11(10)12/h2-7,12,14H,8,15H2,1H3. The van der Waals surface area contributed by atoms with E-state index in [9.17, 15) is 0 Å². The first-order valence-corrected chi connectivity index (χ1v) is 5.65. The lowest BCUT2D eigenvalue weighted by Crippen LogP contribution is -2.28. The Morgan fingerprint density at radius 2 is 2.06 bits per heavy atom. The Hall–Kier alpha value is -1.54. The molecule has 16 heavy (non-hydrogen) atoms. The van der Waals surface area contributed by atoms with Crippen molar-refractivity contribution >= 4 is 0 Å². The van der Waals surface area contributed by atoms with Crippen LogP contribution in [0.5, 0.6) is 0 Å². The highest BCUT2D eigenvalue weighted by molar-refractivity contribution is 5.42. The number of rotatable bonds is 2. The Morgan fingerprint density at radius 1 is 1.25 bits per heavy atom. The lowest BCUT2D eigenvalue weighted by molar-refractivity contribution is 0.391. The van der Waals surface area contributed by atoms with E-state index in [0.717, 1.165) is 17.9 Å². The van der Waals surface area contributed by atoms with Crippen LogP contribution in [-0.4, -0.2) is 0 Å². The molecular formula is C14H15NO. The molecule has 3 rings (SSSR count). The molecule has 1 aromatic carbocycles. The third kappa shape index (κ3) is 1.38. The van der Waals surface area contributed by atoms with E-state index in [2.05, 4.69) is 24.3 Å². The van der Waals surface area contributed by atoms with Crippen molar-refractivity contribution in [1.29, 1.82) is 0 Å². The van der Waals surface area contributed by atoms with Gasteiger partial charge in [0.25, 0.3) is 0 Å². The minimum absolute atomic E-state index is 0.0106. The van der Waals surface area contributed by atoms with Gasteiger partial charge in [-0.2, -0.15) is 0 Å². The first-order chi connectivity index (χ1) is 7.75. The Balaban J connectivity index is 1.87. The van der Waals surface area contributed by atoms with E-state index in [4.69, 9.17) is 10.2 Å². The van der Waals surface area contributed by atoms with E-state index in [-0.39, 0.29) is 6.04 Å². The zero-order valence-corrected chi connectivity index (χ0v) is 9.31. The fourth-order valence-corrected chi connectivity index (χ4v) is 2.45. The third-order valence-electron chi connectivity index (χ3n) is 3.42. The summed E-state index contributed by atoms with van der Waals surface area (Å²) in [5, 5.41) is 0. The monoisotopic (exact) mass is 213 g/mol. The molecule has 0 spiro atoms. The van der Waals surface area contributed by atoms with E-state index in [1.54, 1.807) is 0 Å². The van der Waals surface area contributed by atoms with Crippen LogP contribution in [0.2, 0.25) is 0 Å². The molecule has 0 radical (unpaired) electrons. The molecule has 0 amide bonds. The minimum Gasteiger partial charge on any atom is -0.465 e. The Labute approximate surface area is 95.1 Å². The van der Waals surface area contributed by atoms with Gasteiger partial charge < -0.3 is 10.2 Å². The van der Waals surface area contributed by atoms with Crippen LogP contribution in [0.1, 0.15) is 34.6 Å². The summed E-state index contributed by atoms with van der Waals surface area (Å²) in [7, 11) is 0. The highest BCUT2D eigenvalue weighted by Gasteiger charge is 2.32. The van der Waals surface area contributed by atoms with Crippen LogP contribution < -0.4 is 5.73 Å². The molecule has 2 aromatic rings. The van der Waals surface area contributed by atoms with Crippen LogP contribution in [-0.2, 0) is 6.42 Å². The number of hydrogen-bond acceptors (Lipinski definition) is 2. The number of benzene rings is 1. The molecule has 82 valence electrons. The van der Waals surface area contributed by atoms with Crippen molar-refractivity contribution in [2.45, 2.75) is 25.3 Å². The number of aryl methyl sites for hydroxylation is 1. The minimum atomic E-state index is -0.0106. The van der Waals surface area contributed by atoms with E-state index in [0.29, 0.717) is 5.92 Å². The van der Waals surface area contributed by atoms with Crippen molar-refractivity contribution in [3.05, 3.63) is 59.0 Å². The van der Waals surface area contributed by atoms with Gasteiger partial charge in [-0.25, -0.2) is 0 Å². The molecule has 0 fully saturated rings. The van der Waals surface area contributed by atoms with Crippen LogP contribution in [0.25, 0.3) is 0 Å². The van der Waals surface area contributed by atoms with Crippen molar-refractivity contribution in [2.24, 2.45) is 5.73 Å². The zero-order chi connectivity index (χ0) is 11.1. The maximum atomic E-state index is 6.23. The SMILES string of the molecule is Cc1ccc(C(N)C2Cc3ccccc32)o1. The lowest BCUT2D eigenvalue weighted by Gasteiger charge is -2.33. The predicted molar refractivity (Wildman–Crippen MR) is 63.3 cm³/mol. The van der Waals surface area contributed by atoms with Gasteiger partial charge in [0.2, 0.25) is 0 Å². The molecule has 1 heterocycles. The van der Waals surface area contributed by atoms with E-state index >= 15 is 0 Å². The average molecular weight is 213 g/mol. The van der Waals surface area contributed by atoms with Gasteiger partial charge in [0.15, 0.2) is 0 Å². The fraction of sp³-hybridized carbons (Fsp3) is 0.286. The first kappa shape index (κ1) is 9.67. The summed E-state index contributed by atoms with van der Waals surface area (Å²) in [5.74, 6) is 2.25. The van der Waals surface area contributed by atoms with Crippen LogP contribution >= 0.6 is 0 Å². The molecule has 2 nitrogen and oxygen atoms in total. The summed E-state index contributed by atoms with van der Waals surface area (Å²) in [6, 6.07) is 12.4. The summed E-state index contributed by atoms with van der Waals surface area (Å²) in [6.07, 6.45) is 1.07. The maximum Gasteiger partial charge on any atom is 0.121 e. The molecule has 2 N–H and O–H groups in total. The second kappa shape index (κ2) is 3.49. The van der Waals surface area contributed by atoms with Gasteiger partial charge in [0.1, 0.15) is 11.5 Å². The number of hydrogen-bond donors (Lipinski definition) is 1. The molecule has 2 atom stereocenters. The molecule has 0 saturated heterocycles. The van der Waals surface area contributed by atoms with Gasteiger partial charge in [0, 0.05) is 5.92 Å². The molecule has 1 aromatic heterocycles. The lowest BCUT2D eigenvalue weighted by atomic mass is 9.73. The topological polar surface area (TPSA) is 39.2 Å². The van der Waals surface area contributed by atoms with Gasteiger partial charge in [-0.3, -0.25) is 0 Å². The van der Waals surface area contributed by atoms with E-state index in [1.165, 1.54) is 11.1 Å². The second-order valence-electron chi connectivity index (χ2n) is 4.48. The summed E-state index contributed by atoms with van der Waals surface area (Å²) < 4.78 is 5.59. The fourth-order valence-electron chi connectivity index (χ4n) is 2.45. The van der Waals surface area contributed by atoms with Crippen LogP contribution in [0.4, 0.5) is 0 Å². The van der Waals surface area contributed by atoms with Crippen molar-refractivity contribution in [2.75, 3.05) is 0 Å². The Kier molecular flexibility index (Phi) is 2.11. The first-order valence-electron chi connectivity index (χ1n) is 5.65. The highest BCUT2D eigenvalue weighted by atomic mass is 16.3. The molecule has 2 heteroatoms. The van der Waals surface area contributed by atoms with E-state index < -0.39 is 0 Å².